The first-order valence-corrected chi connectivity index (χ1v) is 5.62. The summed E-state index contributed by atoms with van der Waals surface area (Å²) in [6, 6.07) is 6.41. The van der Waals surface area contributed by atoms with Gasteiger partial charge in [-0.25, -0.2) is 4.98 Å². The summed E-state index contributed by atoms with van der Waals surface area (Å²) in [6.07, 6.45) is 1.82. The van der Waals surface area contributed by atoms with Gasteiger partial charge in [0.25, 0.3) is 0 Å². The molecule has 0 radical (unpaired) electrons. The van der Waals surface area contributed by atoms with Crippen LogP contribution in [0.4, 0.5) is 0 Å². The third-order valence-electron chi connectivity index (χ3n) is 2.66. The number of aryl methyl sites for hydroxylation is 3. The van der Waals surface area contributed by atoms with Crippen LogP contribution in [0, 0.1) is 25.5 Å². The highest BCUT2D eigenvalue weighted by molar-refractivity contribution is 7.71. The van der Waals surface area contributed by atoms with Crippen molar-refractivity contribution in [3.8, 4) is 11.3 Å². The molecule has 1 aromatic carbocycles. The van der Waals surface area contributed by atoms with Crippen molar-refractivity contribution in [2.75, 3.05) is 0 Å². The molecule has 0 amide bonds. The van der Waals surface area contributed by atoms with Crippen molar-refractivity contribution in [3.05, 3.63) is 45.9 Å². The van der Waals surface area contributed by atoms with Crippen LogP contribution < -0.4 is 0 Å². The molecule has 2 aromatic rings. The lowest BCUT2D eigenvalue weighted by Crippen LogP contribution is -1.94. The van der Waals surface area contributed by atoms with E-state index in [4.69, 9.17) is 12.2 Å². The molecule has 0 aliphatic heterocycles. The van der Waals surface area contributed by atoms with Gasteiger partial charge in [-0.05, 0) is 50.2 Å². The fourth-order valence-corrected chi connectivity index (χ4v) is 1.90. The predicted octanol–water partition coefficient (Wildman–Crippen LogP) is 3.73. The van der Waals surface area contributed by atoms with Crippen molar-refractivity contribution in [2.24, 2.45) is 0 Å². The molecule has 1 aromatic heterocycles. The van der Waals surface area contributed by atoms with Crippen LogP contribution in [0.15, 0.2) is 24.4 Å². The Kier molecular flexibility index (Phi) is 2.88. The lowest BCUT2D eigenvalue weighted by molar-refractivity contribution is 1.10. The van der Waals surface area contributed by atoms with Crippen molar-refractivity contribution in [1.82, 2.24) is 9.97 Å². The molecule has 0 aliphatic carbocycles. The maximum Gasteiger partial charge on any atom is 0.197 e. The van der Waals surface area contributed by atoms with Crippen LogP contribution in [0.25, 0.3) is 11.3 Å². The lowest BCUT2D eigenvalue weighted by atomic mass is 10.0. The van der Waals surface area contributed by atoms with Gasteiger partial charge in [0.2, 0.25) is 0 Å². The summed E-state index contributed by atoms with van der Waals surface area (Å²) in [5.74, 6) is 0. The van der Waals surface area contributed by atoms with Crippen LogP contribution in [-0.4, -0.2) is 9.97 Å². The number of nitrogens with one attached hydrogen (secondary N) is 1. The molecule has 1 heterocycles. The summed E-state index contributed by atoms with van der Waals surface area (Å²) in [5, 5.41) is 0. The molecule has 0 saturated carbocycles. The third-order valence-corrected chi connectivity index (χ3v) is 2.87. The molecule has 82 valence electrons. The van der Waals surface area contributed by atoms with Crippen LogP contribution in [0.2, 0.25) is 0 Å². The van der Waals surface area contributed by atoms with Crippen LogP contribution in [0.3, 0.4) is 0 Å². The summed E-state index contributed by atoms with van der Waals surface area (Å²) in [7, 11) is 0. The van der Waals surface area contributed by atoms with E-state index >= 15 is 0 Å². The number of H-pyrrole nitrogens is 1. The van der Waals surface area contributed by atoms with Gasteiger partial charge in [-0.3, -0.25) is 0 Å². The number of aromatic nitrogens is 2. The zero-order chi connectivity index (χ0) is 11.7. The SMILES string of the molecule is Cc1ccc(C)c(-c2[nH]c(=S)ncc2C)c1. The molecule has 0 bridgehead atoms. The van der Waals surface area contributed by atoms with E-state index in [0.29, 0.717) is 4.77 Å². The molecule has 0 unspecified atom stereocenters. The Hall–Kier alpha value is -1.48. The van der Waals surface area contributed by atoms with E-state index in [9.17, 15) is 0 Å². The molecule has 0 spiro atoms. The first-order chi connectivity index (χ1) is 7.58. The quantitative estimate of drug-likeness (QED) is 0.756. The average Bonchev–Trinajstić information content (AvgIpc) is 2.25. The Bertz CT molecular complexity index is 585. The van der Waals surface area contributed by atoms with Crippen molar-refractivity contribution in [2.45, 2.75) is 20.8 Å². The average molecular weight is 230 g/mol. The second kappa shape index (κ2) is 4.18. The van der Waals surface area contributed by atoms with Gasteiger partial charge in [0.05, 0.1) is 5.69 Å². The normalized spacial score (nSPS) is 10.4. The highest BCUT2D eigenvalue weighted by Gasteiger charge is 2.05. The van der Waals surface area contributed by atoms with E-state index in [1.165, 1.54) is 16.7 Å². The van der Waals surface area contributed by atoms with E-state index in [-0.39, 0.29) is 0 Å². The van der Waals surface area contributed by atoms with Gasteiger partial charge in [-0.2, -0.15) is 0 Å². The summed E-state index contributed by atoms with van der Waals surface area (Å²) in [5.41, 5.74) is 5.87. The minimum atomic E-state index is 0.529. The molecule has 0 fully saturated rings. The van der Waals surface area contributed by atoms with Crippen LogP contribution in [-0.2, 0) is 0 Å². The fraction of sp³-hybridized carbons (Fsp3) is 0.231. The number of benzene rings is 1. The minimum absolute atomic E-state index is 0.529. The third kappa shape index (κ3) is 2.04. The second-order valence-corrected chi connectivity index (χ2v) is 4.45. The zero-order valence-electron chi connectivity index (χ0n) is 9.66. The van der Waals surface area contributed by atoms with E-state index in [1.807, 2.05) is 13.1 Å². The molecule has 2 rings (SSSR count). The number of nitrogens with zero attached hydrogens (tertiary/aromatic N) is 1. The van der Waals surface area contributed by atoms with Crippen molar-refractivity contribution in [3.63, 3.8) is 0 Å². The Labute approximate surface area is 100 Å². The monoisotopic (exact) mass is 230 g/mol. The topological polar surface area (TPSA) is 28.7 Å². The van der Waals surface area contributed by atoms with Gasteiger partial charge in [-0.1, -0.05) is 17.7 Å². The Morgan fingerprint density at radius 3 is 2.62 bits per heavy atom. The first kappa shape index (κ1) is 11.0. The Balaban J connectivity index is 2.71. The Morgan fingerprint density at radius 2 is 1.88 bits per heavy atom. The molecular weight excluding hydrogens is 216 g/mol. The van der Waals surface area contributed by atoms with Crippen LogP contribution >= 0.6 is 12.2 Å². The van der Waals surface area contributed by atoms with Crippen molar-refractivity contribution >= 4 is 12.2 Å². The molecule has 0 aliphatic rings. The van der Waals surface area contributed by atoms with Gasteiger partial charge in [0, 0.05) is 11.8 Å². The van der Waals surface area contributed by atoms with Gasteiger partial charge in [0.1, 0.15) is 0 Å². The fourth-order valence-electron chi connectivity index (χ4n) is 1.74. The molecule has 0 saturated heterocycles. The predicted molar refractivity (Wildman–Crippen MR) is 69.1 cm³/mol. The molecular formula is C13H14N2S. The number of rotatable bonds is 1. The standard InChI is InChI=1S/C13H14N2S/c1-8-4-5-9(2)11(6-8)12-10(3)7-14-13(16)15-12/h4-7H,1-3H3,(H,14,15,16). The van der Waals surface area contributed by atoms with E-state index < -0.39 is 0 Å². The lowest BCUT2D eigenvalue weighted by Gasteiger charge is -2.09. The Morgan fingerprint density at radius 1 is 1.12 bits per heavy atom. The zero-order valence-corrected chi connectivity index (χ0v) is 10.5. The maximum absolute atomic E-state index is 5.07. The second-order valence-electron chi connectivity index (χ2n) is 4.06. The highest BCUT2D eigenvalue weighted by atomic mass is 32.1. The summed E-state index contributed by atoms with van der Waals surface area (Å²) >= 11 is 5.07. The van der Waals surface area contributed by atoms with Gasteiger partial charge >= 0.3 is 0 Å². The summed E-state index contributed by atoms with van der Waals surface area (Å²) in [6.45, 7) is 6.23. The first-order valence-electron chi connectivity index (χ1n) is 5.21. The number of hydrogen-bond acceptors (Lipinski definition) is 2. The van der Waals surface area contributed by atoms with Gasteiger partial charge < -0.3 is 4.98 Å². The van der Waals surface area contributed by atoms with Crippen LogP contribution in [0.1, 0.15) is 16.7 Å². The molecule has 2 nitrogen and oxygen atoms in total. The maximum atomic E-state index is 5.07. The number of hydrogen-bond donors (Lipinski definition) is 1. The van der Waals surface area contributed by atoms with Crippen molar-refractivity contribution < 1.29 is 0 Å². The molecule has 3 heteroatoms. The van der Waals surface area contributed by atoms with Crippen LogP contribution in [0.5, 0.6) is 0 Å². The smallest absolute Gasteiger partial charge is 0.197 e. The van der Waals surface area contributed by atoms with E-state index in [1.54, 1.807) is 0 Å². The van der Waals surface area contributed by atoms with Gasteiger partial charge in [0.15, 0.2) is 4.77 Å². The van der Waals surface area contributed by atoms with Gasteiger partial charge in [-0.15, -0.1) is 0 Å². The van der Waals surface area contributed by atoms with Crippen molar-refractivity contribution in [1.29, 1.82) is 0 Å². The molecule has 0 atom stereocenters. The largest absolute Gasteiger partial charge is 0.330 e. The van der Waals surface area contributed by atoms with E-state index in [2.05, 4.69) is 42.0 Å². The summed E-state index contributed by atoms with van der Waals surface area (Å²) < 4.78 is 0.529. The molecule has 16 heavy (non-hydrogen) atoms. The highest BCUT2D eigenvalue weighted by Crippen LogP contribution is 2.24. The summed E-state index contributed by atoms with van der Waals surface area (Å²) in [4.78, 5) is 7.24. The number of aromatic amines is 1. The molecule has 1 N–H and O–H groups in total. The van der Waals surface area contributed by atoms with E-state index in [0.717, 1.165) is 11.3 Å². The minimum Gasteiger partial charge on any atom is -0.330 e.